The maximum absolute atomic E-state index is 12.9. The van der Waals surface area contributed by atoms with E-state index in [4.69, 9.17) is 4.74 Å². The number of allylic oxidation sites excluding steroid dienone is 1. The Kier molecular flexibility index (Phi) is 5.77. The van der Waals surface area contributed by atoms with Crippen molar-refractivity contribution in [3.63, 3.8) is 0 Å². The molecule has 1 heterocycles. The maximum Gasteiger partial charge on any atom is 0.319 e. The van der Waals surface area contributed by atoms with Crippen molar-refractivity contribution >= 4 is 23.3 Å². The molecule has 0 bridgehead atoms. The van der Waals surface area contributed by atoms with Crippen molar-refractivity contribution in [1.29, 1.82) is 0 Å². The van der Waals surface area contributed by atoms with E-state index in [0.717, 1.165) is 5.56 Å². The third-order valence-electron chi connectivity index (χ3n) is 4.37. The smallest absolute Gasteiger partial charge is 0.319 e. The molecule has 1 atom stereocenters. The van der Waals surface area contributed by atoms with Crippen LogP contribution in [-0.4, -0.2) is 23.5 Å². The zero-order chi connectivity index (χ0) is 21.0. The third kappa shape index (κ3) is 4.52. The Labute approximate surface area is 166 Å². The first-order valence-corrected chi connectivity index (χ1v) is 8.96. The van der Waals surface area contributed by atoms with Crippen LogP contribution >= 0.6 is 0 Å². The van der Waals surface area contributed by atoms with Gasteiger partial charge in [-0.15, -0.1) is 0 Å². The molecule has 3 amide bonds. The summed E-state index contributed by atoms with van der Waals surface area (Å²) in [5.41, 5.74) is 1.82. The SMILES string of the molecule is CCOc1ccc(C2NC(=O)NC(C)=C2C(=O)Nc2ccc([N+](=O)[O-])cc2)cc1. The van der Waals surface area contributed by atoms with Gasteiger partial charge in [0.15, 0.2) is 0 Å². The van der Waals surface area contributed by atoms with Crippen molar-refractivity contribution in [2.24, 2.45) is 0 Å². The summed E-state index contributed by atoms with van der Waals surface area (Å²) in [4.78, 5) is 35.2. The summed E-state index contributed by atoms with van der Waals surface area (Å²) < 4.78 is 5.43. The average molecular weight is 396 g/mol. The Morgan fingerprint density at radius 3 is 2.41 bits per heavy atom. The number of non-ortho nitro benzene ring substituents is 1. The monoisotopic (exact) mass is 396 g/mol. The van der Waals surface area contributed by atoms with E-state index in [2.05, 4.69) is 16.0 Å². The van der Waals surface area contributed by atoms with E-state index < -0.39 is 22.9 Å². The number of amides is 3. The van der Waals surface area contributed by atoms with Gasteiger partial charge in [0.2, 0.25) is 0 Å². The highest BCUT2D eigenvalue weighted by atomic mass is 16.6. The van der Waals surface area contributed by atoms with Gasteiger partial charge in [-0.25, -0.2) is 4.79 Å². The van der Waals surface area contributed by atoms with Crippen molar-refractivity contribution in [3.8, 4) is 5.75 Å². The lowest BCUT2D eigenvalue weighted by Gasteiger charge is -2.28. The van der Waals surface area contributed by atoms with Crippen LogP contribution < -0.4 is 20.7 Å². The first-order chi connectivity index (χ1) is 13.9. The topological polar surface area (TPSA) is 123 Å². The summed E-state index contributed by atoms with van der Waals surface area (Å²) in [5, 5.41) is 18.9. The van der Waals surface area contributed by atoms with Gasteiger partial charge in [0, 0.05) is 23.5 Å². The fourth-order valence-electron chi connectivity index (χ4n) is 3.03. The normalized spacial score (nSPS) is 15.9. The Bertz CT molecular complexity index is 967. The van der Waals surface area contributed by atoms with Crippen LogP contribution in [0.4, 0.5) is 16.2 Å². The molecule has 0 fully saturated rings. The van der Waals surface area contributed by atoms with Crippen molar-refractivity contribution in [2.75, 3.05) is 11.9 Å². The van der Waals surface area contributed by atoms with Crippen molar-refractivity contribution < 1.29 is 19.2 Å². The molecule has 3 N–H and O–H groups in total. The molecule has 0 aromatic heterocycles. The molecule has 150 valence electrons. The highest BCUT2D eigenvalue weighted by Crippen LogP contribution is 2.29. The number of urea groups is 1. The second-order valence-corrected chi connectivity index (χ2v) is 6.33. The number of nitro groups is 1. The number of carbonyl (C=O) groups is 2. The quantitative estimate of drug-likeness (QED) is 0.511. The van der Waals surface area contributed by atoms with Gasteiger partial charge >= 0.3 is 6.03 Å². The van der Waals surface area contributed by atoms with E-state index in [0.29, 0.717) is 29.3 Å². The highest BCUT2D eigenvalue weighted by molar-refractivity contribution is 6.06. The summed E-state index contributed by atoms with van der Waals surface area (Å²) in [7, 11) is 0. The van der Waals surface area contributed by atoms with Crippen LogP contribution in [0, 0.1) is 10.1 Å². The Balaban J connectivity index is 1.86. The predicted molar refractivity (Wildman–Crippen MR) is 106 cm³/mol. The molecule has 3 rings (SSSR count). The number of rotatable bonds is 6. The van der Waals surface area contributed by atoms with Gasteiger partial charge < -0.3 is 20.7 Å². The van der Waals surface area contributed by atoms with Crippen LogP contribution in [0.1, 0.15) is 25.5 Å². The predicted octanol–water partition coefficient (Wildman–Crippen LogP) is 3.26. The molecule has 0 spiro atoms. The Morgan fingerprint density at radius 2 is 1.83 bits per heavy atom. The van der Waals surface area contributed by atoms with Crippen LogP contribution in [0.2, 0.25) is 0 Å². The minimum absolute atomic E-state index is 0.0720. The van der Waals surface area contributed by atoms with Gasteiger partial charge in [-0.05, 0) is 43.7 Å². The summed E-state index contributed by atoms with van der Waals surface area (Å²) in [6.07, 6.45) is 0. The van der Waals surface area contributed by atoms with E-state index in [1.807, 2.05) is 6.92 Å². The number of benzene rings is 2. The van der Waals surface area contributed by atoms with Gasteiger partial charge in [0.05, 0.1) is 23.1 Å². The third-order valence-corrected chi connectivity index (χ3v) is 4.37. The molecular weight excluding hydrogens is 376 g/mol. The number of anilines is 1. The van der Waals surface area contributed by atoms with Gasteiger partial charge in [-0.3, -0.25) is 14.9 Å². The summed E-state index contributed by atoms with van der Waals surface area (Å²) >= 11 is 0. The van der Waals surface area contributed by atoms with Crippen LogP contribution in [0.25, 0.3) is 0 Å². The van der Waals surface area contributed by atoms with Gasteiger partial charge in [-0.2, -0.15) is 0 Å². The lowest BCUT2D eigenvalue weighted by atomic mass is 9.94. The maximum atomic E-state index is 12.9. The summed E-state index contributed by atoms with van der Waals surface area (Å²) in [6, 6.07) is 11.6. The molecule has 1 aliphatic rings. The van der Waals surface area contributed by atoms with E-state index in [9.17, 15) is 19.7 Å². The molecule has 0 radical (unpaired) electrons. The number of nitrogens with one attached hydrogen (secondary N) is 3. The van der Waals surface area contributed by atoms with Crippen LogP contribution in [0.15, 0.2) is 59.8 Å². The fourth-order valence-corrected chi connectivity index (χ4v) is 3.03. The number of hydrogen-bond donors (Lipinski definition) is 3. The molecule has 0 saturated carbocycles. The van der Waals surface area contributed by atoms with E-state index >= 15 is 0 Å². The molecular formula is C20H20N4O5. The van der Waals surface area contributed by atoms with Crippen LogP contribution in [0.5, 0.6) is 5.75 Å². The van der Waals surface area contributed by atoms with E-state index in [-0.39, 0.29) is 5.69 Å². The Morgan fingerprint density at radius 1 is 1.17 bits per heavy atom. The summed E-state index contributed by atoms with van der Waals surface area (Å²) in [6.45, 7) is 4.06. The largest absolute Gasteiger partial charge is 0.494 e. The first kappa shape index (κ1) is 19.9. The number of hydrogen-bond acceptors (Lipinski definition) is 5. The molecule has 29 heavy (non-hydrogen) atoms. The number of carbonyl (C=O) groups excluding carboxylic acids is 2. The zero-order valence-corrected chi connectivity index (χ0v) is 15.9. The van der Waals surface area contributed by atoms with Crippen LogP contribution in [0.3, 0.4) is 0 Å². The van der Waals surface area contributed by atoms with Gasteiger partial charge in [-0.1, -0.05) is 12.1 Å². The Hall–Kier alpha value is -3.88. The molecule has 1 unspecified atom stereocenters. The molecule has 9 nitrogen and oxygen atoms in total. The van der Waals surface area contributed by atoms with Crippen molar-refractivity contribution in [3.05, 3.63) is 75.5 Å². The minimum atomic E-state index is -0.655. The zero-order valence-electron chi connectivity index (χ0n) is 15.9. The minimum Gasteiger partial charge on any atom is -0.494 e. The number of nitrogens with zero attached hydrogens (tertiary/aromatic N) is 1. The van der Waals surface area contributed by atoms with Crippen LogP contribution in [-0.2, 0) is 4.79 Å². The van der Waals surface area contributed by atoms with Crippen molar-refractivity contribution in [1.82, 2.24) is 10.6 Å². The second kappa shape index (κ2) is 8.42. The van der Waals surface area contributed by atoms with Gasteiger partial charge in [0.1, 0.15) is 5.75 Å². The molecule has 1 aliphatic heterocycles. The molecule has 9 heteroatoms. The molecule has 2 aromatic rings. The lowest BCUT2D eigenvalue weighted by Crippen LogP contribution is -2.45. The van der Waals surface area contributed by atoms with E-state index in [1.54, 1.807) is 31.2 Å². The van der Waals surface area contributed by atoms with Gasteiger partial charge in [0.25, 0.3) is 11.6 Å². The standard InChI is InChI=1S/C20H20N4O5/c1-3-29-16-10-4-13(5-11-16)18-17(12(2)21-20(26)23-18)19(25)22-14-6-8-15(9-7-14)24(27)28/h4-11,18H,3H2,1-2H3,(H,22,25)(H2,21,23,26). The number of ether oxygens (including phenoxy) is 1. The molecule has 0 aliphatic carbocycles. The highest BCUT2D eigenvalue weighted by Gasteiger charge is 2.31. The molecule has 2 aromatic carbocycles. The summed E-state index contributed by atoms with van der Waals surface area (Å²) in [5.74, 6) is 0.261. The van der Waals surface area contributed by atoms with Crippen molar-refractivity contribution in [2.45, 2.75) is 19.9 Å². The van der Waals surface area contributed by atoms with E-state index in [1.165, 1.54) is 24.3 Å². The number of nitro benzene ring substituents is 1. The molecule has 0 saturated heterocycles. The first-order valence-electron chi connectivity index (χ1n) is 8.96. The fraction of sp³-hybridized carbons (Fsp3) is 0.200. The average Bonchev–Trinajstić information content (AvgIpc) is 2.68. The lowest BCUT2D eigenvalue weighted by molar-refractivity contribution is -0.384. The second-order valence-electron chi connectivity index (χ2n) is 6.33.